The third kappa shape index (κ3) is 4.17. The summed E-state index contributed by atoms with van der Waals surface area (Å²) in [4.78, 5) is 18.5. The number of amides is 1. The number of aromatic nitrogens is 1. The fraction of sp³-hybridized carbons (Fsp3) is 0.368. The Hall–Kier alpha value is -2.27. The first-order chi connectivity index (χ1) is 11.7. The molecule has 5 heteroatoms. The first-order valence-electron chi connectivity index (χ1n) is 8.28. The van der Waals surface area contributed by atoms with Crippen molar-refractivity contribution in [3.63, 3.8) is 0 Å². The number of rotatable bonds is 5. The summed E-state index contributed by atoms with van der Waals surface area (Å²) < 4.78 is 14.9. The zero-order valence-corrected chi connectivity index (χ0v) is 13.6. The molecule has 0 bridgehead atoms. The molecule has 126 valence electrons. The smallest absolute Gasteiger partial charge is 0.258 e. The van der Waals surface area contributed by atoms with Crippen molar-refractivity contribution in [1.82, 2.24) is 15.2 Å². The van der Waals surface area contributed by atoms with Crippen molar-refractivity contribution in [3.8, 4) is 0 Å². The zero-order valence-electron chi connectivity index (χ0n) is 13.6. The van der Waals surface area contributed by atoms with Crippen LogP contribution in [0.5, 0.6) is 0 Å². The van der Waals surface area contributed by atoms with E-state index in [1.807, 2.05) is 48.7 Å². The number of piperidine rings is 1. The lowest BCUT2D eigenvalue weighted by Crippen LogP contribution is -2.50. The lowest BCUT2D eigenvalue weighted by Gasteiger charge is -2.35. The molecule has 0 saturated carbocycles. The molecule has 2 heterocycles. The van der Waals surface area contributed by atoms with E-state index in [4.69, 9.17) is 0 Å². The quantitative estimate of drug-likeness (QED) is 0.918. The highest BCUT2D eigenvalue weighted by molar-refractivity contribution is 5.85. The van der Waals surface area contributed by atoms with Crippen molar-refractivity contribution < 1.29 is 9.18 Å². The van der Waals surface area contributed by atoms with Crippen LogP contribution in [0.3, 0.4) is 0 Å². The second-order valence-corrected chi connectivity index (χ2v) is 6.27. The molecular formula is C19H22FN3O. The number of halogens is 1. The van der Waals surface area contributed by atoms with Crippen molar-refractivity contribution in [1.29, 1.82) is 0 Å². The monoisotopic (exact) mass is 327 g/mol. The average Bonchev–Trinajstić information content (AvgIpc) is 2.63. The van der Waals surface area contributed by atoms with Crippen LogP contribution in [0.15, 0.2) is 54.9 Å². The number of nitrogens with one attached hydrogen (secondary N) is 1. The van der Waals surface area contributed by atoms with Gasteiger partial charge in [0.2, 0.25) is 0 Å². The van der Waals surface area contributed by atoms with Crippen LogP contribution in [-0.4, -0.2) is 34.5 Å². The average molecular weight is 327 g/mol. The number of carbonyl (C=O) groups is 1. The number of benzene rings is 1. The summed E-state index contributed by atoms with van der Waals surface area (Å²) in [6.07, 6.45) is 4.02. The number of likely N-dealkylation sites (tertiary alicyclic amines) is 1. The summed E-state index contributed by atoms with van der Waals surface area (Å²) in [5, 5.41) is 2.73. The Balaban J connectivity index is 1.49. The fourth-order valence-electron chi connectivity index (χ4n) is 2.98. The second kappa shape index (κ2) is 7.53. The summed E-state index contributed by atoms with van der Waals surface area (Å²) in [5.74, 6) is -0.493. The molecule has 24 heavy (non-hydrogen) atoms. The molecule has 1 fully saturated rings. The SMILES string of the molecule is O=C(NCc1ccccc1)C1(F)CCN(Cc2cccnc2)CC1. The van der Waals surface area contributed by atoms with Crippen LogP contribution in [0.4, 0.5) is 4.39 Å². The second-order valence-electron chi connectivity index (χ2n) is 6.27. The number of pyridine rings is 1. The molecule has 0 aliphatic carbocycles. The minimum absolute atomic E-state index is 0.230. The van der Waals surface area contributed by atoms with Crippen molar-refractivity contribution >= 4 is 5.91 Å². The van der Waals surface area contributed by atoms with Crippen LogP contribution in [0.2, 0.25) is 0 Å². The van der Waals surface area contributed by atoms with E-state index in [1.54, 1.807) is 6.20 Å². The van der Waals surface area contributed by atoms with Crippen LogP contribution >= 0.6 is 0 Å². The molecular weight excluding hydrogens is 305 g/mol. The van der Waals surface area contributed by atoms with Crippen LogP contribution in [0.25, 0.3) is 0 Å². The van der Waals surface area contributed by atoms with Gasteiger partial charge in [0.25, 0.3) is 5.91 Å². The third-order valence-corrected chi connectivity index (χ3v) is 4.48. The van der Waals surface area contributed by atoms with Gasteiger partial charge in [0, 0.05) is 51.4 Å². The number of nitrogens with zero attached hydrogens (tertiary/aromatic N) is 2. The zero-order chi connectivity index (χ0) is 16.8. The van der Waals surface area contributed by atoms with Gasteiger partial charge in [-0.25, -0.2) is 4.39 Å². The number of hydrogen-bond acceptors (Lipinski definition) is 3. The number of carbonyl (C=O) groups excluding carboxylic acids is 1. The molecule has 4 nitrogen and oxygen atoms in total. The Morgan fingerprint density at radius 2 is 1.83 bits per heavy atom. The van der Waals surface area contributed by atoms with Crippen molar-refractivity contribution in [2.45, 2.75) is 31.6 Å². The Morgan fingerprint density at radius 3 is 2.50 bits per heavy atom. The van der Waals surface area contributed by atoms with E-state index in [9.17, 15) is 9.18 Å². The van der Waals surface area contributed by atoms with Gasteiger partial charge in [-0.3, -0.25) is 14.7 Å². The van der Waals surface area contributed by atoms with Gasteiger partial charge in [0.1, 0.15) is 0 Å². The molecule has 0 spiro atoms. The van der Waals surface area contributed by atoms with Gasteiger partial charge in [0.05, 0.1) is 0 Å². The standard InChI is InChI=1S/C19H22FN3O/c20-19(18(24)22-14-16-5-2-1-3-6-16)8-11-23(12-9-19)15-17-7-4-10-21-13-17/h1-7,10,13H,8-9,11-12,14-15H2,(H,22,24). The van der Waals surface area contributed by atoms with Gasteiger partial charge in [-0.05, 0) is 17.2 Å². The minimum atomic E-state index is -1.76. The molecule has 1 aliphatic rings. The van der Waals surface area contributed by atoms with Gasteiger partial charge >= 0.3 is 0 Å². The van der Waals surface area contributed by atoms with Gasteiger partial charge in [-0.2, -0.15) is 0 Å². The van der Waals surface area contributed by atoms with Crippen LogP contribution in [0, 0.1) is 0 Å². The van der Waals surface area contributed by atoms with Crippen LogP contribution < -0.4 is 5.32 Å². The maximum Gasteiger partial charge on any atom is 0.258 e. The van der Waals surface area contributed by atoms with Gasteiger partial charge in [-0.15, -0.1) is 0 Å². The Morgan fingerprint density at radius 1 is 1.12 bits per heavy atom. The van der Waals surface area contributed by atoms with Gasteiger partial charge < -0.3 is 5.32 Å². The third-order valence-electron chi connectivity index (χ3n) is 4.48. The predicted octanol–water partition coefficient (Wildman–Crippen LogP) is 2.70. The molecule has 1 aliphatic heterocycles. The van der Waals surface area contributed by atoms with Crippen LogP contribution in [-0.2, 0) is 17.9 Å². The molecule has 1 aromatic heterocycles. The molecule has 3 rings (SSSR count). The number of hydrogen-bond donors (Lipinski definition) is 1. The highest BCUT2D eigenvalue weighted by Crippen LogP contribution is 2.27. The Kier molecular flexibility index (Phi) is 5.20. The van der Waals surface area contributed by atoms with E-state index in [1.165, 1.54) is 0 Å². The van der Waals surface area contributed by atoms with E-state index in [0.29, 0.717) is 19.6 Å². The Labute approximate surface area is 141 Å². The summed E-state index contributed by atoms with van der Waals surface area (Å²) in [5.41, 5.74) is 0.320. The Bertz CT molecular complexity index is 655. The summed E-state index contributed by atoms with van der Waals surface area (Å²) in [6, 6.07) is 13.5. The highest BCUT2D eigenvalue weighted by atomic mass is 19.1. The normalized spacial score (nSPS) is 17.4. The lowest BCUT2D eigenvalue weighted by atomic mass is 9.92. The fourth-order valence-corrected chi connectivity index (χ4v) is 2.98. The molecule has 0 radical (unpaired) electrons. The van der Waals surface area contributed by atoms with Crippen LogP contribution in [0.1, 0.15) is 24.0 Å². The summed E-state index contributed by atoms with van der Waals surface area (Å²) in [7, 11) is 0. The van der Waals surface area contributed by atoms with E-state index in [0.717, 1.165) is 17.7 Å². The molecule has 1 N–H and O–H groups in total. The molecule has 2 aromatic rings. The van der Waals surface area contributed by atoms with Crippen molar-refractivity contribution in [2.75, 3.05) is 13.1 Å². The van der Waals surface area contributed by atoms with E-state index >= 15 is 0 Å². The molecule has 1 amide bonds. The van der Waals surface area contributed by atoms with Crippen molar-refractivity contribution in [2.24, 2.45) is 0 Å². The van der Waals surface area contributed by atoms with E-state index < -0.39 is 11.6 Å². The van der Waals surface area contributed by atoms with E-state index in [-0.39, 0.29) is 12.8 Å². The molecule has 0 unspecified atom stereocenters. The first kappa shape index (κ1) is 16.6. The minimum Gasteiger partial charge on any atom is -0.349 e. The molecule has 0 atom stereocenters. The van der Waals surface area contributed by atoms with Crippen molar-refractivity contribution in [3.05, 3.63) is 66.0 Å². The largest absolute Gasteiger partial charge is 0.349 e. The molecule has 1 saturated heterocycles. The topological polar surface area (TPSA) is 45.2 Å². The highest BCUT2D eigenvalue weighted by Gasteiger charge is 2.41. The first-order valence-corrected chi connectivity index (χ1v) is 8.28. The predicted molar refractivity (Wildman–Crippen MR) is 90.9 cm³/mol. The van der Waals surface area contributed by atoms with E-state index in [2.05, 4.69) is 15.2 Å². The number of alkyl halides is 1. The molecule has 1 aromatic carbocycles. The maximum absolute atomic E-state index is 14.9. The van der Waals surface area contributed by atoms with Gasteiger partial charge in [0.15, 0.2) is 5.67 Å². The lowest BCUT2D eigenvalue weighted by molar-refractivity contribution is -0.136. The maximum atomic E-state index is 14.9. The summed E-state index contributed by atoms with van der Waals surface area (Å²) in [6.45, 7) is 2.26. The summed E-state index contributed by atoms with van der Waals surface area (Å²) >= 11 is 0. The van der Waals surface area contributed by atoms with Gasteiger partial charge in [-0.1, -0.05) is 36.4 Å².